The number of carbonyl (C=O) groups is 4. The SMILES string of the molecule is C[C@H]1c2ccc(CN3CCC(F)CC3)c(O)c2C(O)=C2C(=O)C3C(=O)C(C(N)=O)=C(O)[C@@H](N(C)C)C3C(C=O)C21. The molecule has 214 valence electrons. The third-order valence-electron chi connectivity index (χ3n) is 9.24. The molecule has 6 atom stereocenters. The first-order valence-corrected chi connectivity index (χ1v) is 13.5. The second-order valence-corrected chi connectivity index (χ2v) is 11.6. The van der Waals surface area contributed by atoms with Crippen molar-refractivity contribution in [2.24, 2.45) is 29.4 Å². The molecule has 1 aromatic carbocycles. The number of carbonyl (C=O) groups excluding carboxylic acids is 4. The molecule has 0 spiro atoms. The summed E-state index contributed by atoms with van der Waals surface area (Å²) < 4.78 is 13.6. The molecule has 10 nitrogen and oxygen atoms in total. The van der Waals surface area contributed by atoms with Gasteiger partial charge in [-0.25, -0.2) is 4.39 Å². The van der Waals surface area contributed by atoms with Crippen molar-refractivity contribution in [1.82, 2.24) is 9.80 Å². The van der Waals surface area contributed by atoms with Gasteiger partial charge in [0, 0.05) is 48.5 Å². The van der Waals surface area contributed by atoms with Crippen LogP contribution in [-0.4, -0.2) is 88.3 Å². The summed E-state index contributed by atoms with van der Waals surface area (Å²) in [6.07, 6.45) is 0.568. The van der Waals surface area contributed by atoms with Crippen LogP contribution in [0.1, 0.15) is 42.4 Å². The number of phenols is 1. The first kappa shape index (κ1) is 28.0. The zero-order chi connectivity index (χ0) is 29.2. The number of fused-ring (bicyclic) bond motifs is 3. The molecule has 0 aromatic heterocycles. The molecule has 4 unspecified atom stereocenters. The van der Waals surface area contributed by atoms with Crippen molar-refractivity contribution in [2.75, 3.05) is 27.2 Å². The fraction of sp³-hybridized carbons (Fsp3) is 0.517. The highest BCUT2D eigenvalue weighted by molar-refractivity contribution is 6.28. The molecular formula is C29H34FN3O7. The molecule has 5 rings (SSSR count). The lowest BCUT2D eigenvalue weighted by Crippen LogP contribution is -2.59. The Morgan fingerprint density at radius 2 is 1.80 bits per heavy atom. The van der Waals surface area contributed by atoms with Gasteiger partial charge >= 0.3 is 0 Å². The molecule has 0 radical (unpaired) electrons. The van der Waals surface area contributed by atoms with Crippen molar-refractivity contribution in [1.29, 1.82) is 0 Å². The van der Waals surface area contributed by atoms with Crippen molar-refractivity contribution in [3.63, 3.8) is 0 Å². The molecule has 1 heterocycles. The van der Waals surface area contributed by atoms with Crippen LogP contribution in [-0.2, 0) is 25.7 Å². The summed E-state index contributed by atoms with van der Waals surface area (Å²) in [7, 11) is 3.19. The number of nitrogens with two attached hydrogens (primary N) is 1. The Morgan fingerprint density at radius 1 is 1.15 bits per heavy atom. The van der Waals surface area contributed by atoms with E-state index < -0.39 is 76.4 Å². The molecule has 1 aromatic rings. The number of Topliss-reactive ketones (excluding diaryl/α,β-unsaturated/α-hetero) is 2. The van der Waals surface area contributed by atoms with Gasteiger partial charge in [0.05, 0.1) is 17.5 Å². The Kier molecular flexibility index (Phi) is 7.08. The van der Waals surface area contributed by atoms with Crippen LogP contribution in [0.5, 0.6) is 5.75 Å². The van der Waals surface area contributed by atoms with Crippen LogP contribution in [0, 0.1) is 23.7 Å². The van der Waals surface area contributed by atoms with Gasteiger partial charge in [-0.3, -0.25) is 24.2 Å². The molecule has 3 aliphatic carbocycles. The summed E-state index contributed by atoms with van der Waals surface area (Å²) in [6, 6.07) is 2.46. The van der Waals surface area contributed by atoms with Gasteiger partial charge in [-0.2, -0.15) is 0 Å². The molecule has 0 bridgehead atoms. The number of nitrogens with zero attached hydrogens (tertiary/aromatic N) is 2. The zero-order valence-corrected chi connectivity index (χ0v) is 22.6. The van der Waals surface area contributed by atoms with E-state index in [4.69, 9.17) is 5.73 Å². The average Bonchev–Trinajstić information content (AvgIpc) is 2.88. The lowest BCUT2D eigenvalue weighted by Gasteiger charge is -2.50. The first-order valence-electron chi connectivity index (χ1n) is 13.5. The van der Waals surface area contributed by atoms with Gasteiger partial charge in [0.2, 0.25) is 0 Å². The van der Waals surface area contributed by atoms with Crippen LogP contribution >= 0.6 is 0 Å². The maximum atomic E-state index is 14.1. The number of ketones is 2. The lowest BCUT2D eigenvalue weighted by atomic mass is 9.53. The Hall–Kier alpha value is -3.57. The summed E-state index contributed by atoms with van der Waals surface area (Å²) in [5.74, 6) is -9.14. The number of hydrogen-bond donors (Lipinski definition) is 4. The van der Waals surface area contributed by atoms with Crippen LogP contribution in [0.3, 0.4) is 0 Å². The predicted octanol–water partition coefficient (Wildman–Crippen LogP) is 1.77. The maximum absolute atomic E-state index is 14.1. The fourth-order valence-electron chi connectivity index (χ4n) is 7.36. The Labute approximate surface area is 230 Å². The molecule has 5 N–H and O–H groups in total. The normalized spacial score (nSPS) is 31.2. The van der Waals surface area contributed by atoms with Gasteiger partial charge in [0.15, 0.2) is 11.6 Å². The molecule has 1 saturated carbocycles. The Bertz CT molecular complexity index is 1360. The van der Waals surface area contributed by atoms with Gasteiger partial charge < -0.3 is 25.8 Å². The number of amides is 1. The van der Waals surface area contributed by atoms with Crippen molar-refractivity contribution in [3.05, 3.63) is 45.7 Å². The number of allylic oxidation sites excluding steroid dienone is 1. The molecule has 2 fully saturated rings. The number of likely N-dealkylation sites (N-methyl/N-ethyl adjacent to an activating group) is 1. The number of hydrogen-bond acceptors (Lipinski definition) is 9. The van der Waals surface area contributed by atoms with E-state index in [0.717, 1.165) is 0 Å². The monoisotopic (exact) mass is 555 g/mol. The van der Waals surface area contributed by atoms with Crippen molar-refractivity contribution in [3.8, 4) is 5.75 Å². The summed E-state index contributed by atoms with van der Waals surface area (Å²) in [5.41, 5.74) is 5.66. The quantitative estimate of drug-likeness (QED) is 0.241. The van der Waals surface area contributed by atoms with Crippen molar-refractivity contribution in [2.45, 2.75) is 44.4 Å². The minimum atomic E-state index is -1.53. The highest BCUT2D eigenvalue weighted by atomic mass is 19.1. The number of halogens is 1. The third-order valence-corrected chi connectivity index (χ3v) is 9.24. The van der Waals surface area contributed by atoms with Gasteiger partial charge in [-0.15, -0.1) is 0 Å². The summed E-state index contributed by atoms with van der Waals surface area (Å²) in [4.78, 5) is 55.9. The van der Waals surface area contributed by atoms with E-state index in [1.54, 1.807) is 33.2 Å². The summed E-state index contributed by atoms with van der Waals surface area (Å²) in [5, 5.41) is 33.8. The fourth-order valence-corrected chi connectivity index (χ4v) is 7.36. The maximum Gasteiger partial charge on any atom is 0.255 e. The minimum absolute atomic E-state index is 0.0639. The molecular weight excluding hydrogens is 521 g/mol. The van der Waals surface area contributed by atoms with E-state index in [1.165, 1.54) is 4.90 Å². The predicted molar refractivity (Wildman–Crippen MR) is 142 cm³/mol. The summed E-state index contributed by atoms with van der Waals surface area (Å²) in [6.45, 7) is 3.13. The molecule has 11 heteroatoms. The Morgan fingerprint density at radius 3 is 2.38 bits per heavy atom. The first-order chi connectivity index (χ1) is 18.9. The molecule has 1 saturated heterocycles. The smallest absolute Gasteiger partial charge is 0.255 e. The average molecular weight is 556 g/mol. The number of aliphatic hydroxyl groups excluding tert-OH is 2. The Balaban J connectivity index is 1.64. The van der Waals surface area contributed by atoms with Crippen LogP contribution < -0.4 is 5.73 Å². The van der Waals surface area contributed by atoms with Crippen molar-refractivity contribution < 1.29 is 38.9 Å². The zero-order valence-electron chi connectivity index (χ0n) is 22.6. The number of alkyl halides is 1. The topological polar surface area (TPSA) is 161 Å². The minimum Gasteiger partial charge on any atom is -0.510 e. The summed E-state index contributed by atoms with van der Waals surface area (Å²) >= 11 is 0. The van der Waals surface area contributed by atoms with E-state index in [0.29, 0.717) is 49.9 Å². The van der Waals surface area contributed by atoms with Crippen LogP contribution in [0.2, 0.25) is 0 Å². The number of benzene rings is 1. The van der Waals surface area contributed by atoms with Crippen LogP contribution in [0.15, 0.2) is 29.0 Å². The number of aldehydes is 1. The number of aliphatic hydroxyl groups is 2. The van der Waals surface area contributed by atoms with E-state index in [-0.39, 0.29) is 16.9 Å². The van der Waals surface area contributed by atoms with Gasteiger partial charge in [-0.05, 0) is 38.4 Å². The molecule has 1 amide bonds. The van der Waals surface area contributed by atoms with E-state index in [9.17, 15) is 38.9 Å². The number of phenolic OH excluding ortho intramolecular Hbond substituents is 1. The standard InChI is InChI=1S/C29H34FN3O7/c1-12-15-5-4-13(10-33-8-6-14(30)7-9-33)24(35)19(15)25(36)20-17(12)16(11-34)18-21(26(20)37)27(38)22(29(31)40)28(39)23(18)32(2)3/h4-5,11-12,14,16-18,21,23,35-36,39H,6-10H2,1-3H3,(H2,31,40)/t12-,16?,17?,18?,21?,23-/m0/s1. The molecule has 1 aliphatic heterocycles. The van der Waals surface area contributed by atoms with Crippen LogP contribution in [0.4, 0.5) is 4.39 Å². The lowest BCUT2D eigenvalue weighted by molar-refractivity contribution is -0.141. The third kappa shape index (κ3) is 4.05. The van der Waals surface area contributed by atoms with Gasteiger partial charge in [0.25, 0.3) is 5.91 Å². The number of piperidine rings is 1. The number of rotatable bonds is 5. The van der Waals surface area contributed by atoms with E-state index in [1.807, 2.05) is 4.90 Å². The van der Waals surface area contributed by atoms with Gasteiger partial charge in [-0.1, -0.05) is 19.1 Å². The second kappa shape index (κ2) is 10.1. The number of primary amides is 1. The molecule has 40 heavy (non-hydrogen) atoms. The van der Waals surface area contributed by atoms with Gasteiger partial charge in [0.1, 0.15) is 35.3 Å². The molecule has 4 aliphatic rings. The van der Waals surface area contributed by atoms with Crippen molar-refractivity contribution >= 4 is 29.5 Å². The number of aromatic hydroxyl groups is 1. The van der Waals surface area contributed by atoms with E-state index >= 15 is 0 Å². The highest BCUT2D eigenvalue weighted by Crippen LogP contribution is 2.56. The highest BCUT2D eigenvalue weighted by Gasteiger charge is 2.61. The number of likely N-dealkylation sites (tertiary alicyclic amines) is 1. The second-order valence-electron chi connectivity index (χ2n) is 11.6. The van der Waals surface area contributed by atoms with Crippen LogP contribution in [0.25, 0.3) is 5.76 Å². The largest absolute Gasteiger partial charge is 0.510 e. The van der Waals surface area contributed by atoms with E-state index in [2.05, 4.69) is 0 Å².